The number of amides is 2. The third-order valence-corrected chi connectivity index (χ3v) is 4.47. The van der Waals surface area contributed by atoms with Gasteiger partial charge in [-0.25, -0.2) is 0 Å². The van der Waals surface area contributed by atoms with Crippen LogP contribution in [0, 0.1) is 20.8 Å². The minimum atomic E-state index is -0.325. The zero-order valence-corrected chi connectivity index (χ0v) is 14.3. The van der Waals surface area contributed by atoms with Gasteiger partial charge in [-0.05, 0) is 56.2 Å². The minimum Gasteiger partial charge on any atom is -0.272 e. The normalized spacial score (nSPS) is 10.2. The van der Waals surface area contributed by atoms with E-state index >= 15 is 0 Å². The molecule has 120 valence electrons. The summed E-state index contributed by atoms with van der Waals surface area (Å²) in [4.78, 5) is 24.7. The van der Waals surface area contributed by atoms with Gasteiger partial charge in [-0.3, -0.25) is 20.4 Å². The molecule has 0 bridgehead atoms. The summed E-state index contributed by atoms with van der Waals surface area (Å²) in [6.45, 7) is 6.05. The lowest BCUT2D eigenvalue weighted by Gasteiger charge is -2.08. The topological polar surface area (TPSA) is 58.2 Å². The zero-order chi connectivity index (χ0) is 16.8. The average molecular weight is 328 g/mol. The summed E-state index contributed by atoms with van der Waals surface area (Å²) in [5, 5.41) is 0. The maximum absolute atomic E-state index is 11.9. The van der Waals surface area contributed by atoms with Crippen molar-refractivity contribution in [2.75, 3.05) is 5.75 Å². The van der Waals surface area contributed by atoms with Crippen LogP contribution in [-0.4, -0.2) is 17.6 Å². The highest BCUT2D eigenvalue weighted by Gasteiger charge is 2.08. The zero-order valence-electron chi connectivity index (χ0n) is 13.5. The Kier molecular flexibility index (Phi) is 5.82. The van der Waals surface area contributed by atoms with Gasteiger partial charge in [0.25, 0.3) is 5.91 Å². The largest absolute Gasteiger partial charge is 0.272 e. The summed E-state index contributed by atoms with van der Waals surface area (Å²) >= 11 is 1.44. The molecule has 0 fully saturated rings. The van der Waals surface area contributed by atoms with Crippen molar-refractivity contribution >= 4 is 23.6 Å². The molecule has 0 aliphatic carbocycles. The Hall–Kier alpha value is -2.27. The van der Waals surface area contributed by atoms with Crippen molar-refractivity contribution in [3.63, 3.8) is 0 Å². The summed E-state index contributed by atoms with van der Waals surface area (Å²) < 4.78 is 0. The van der Waals surface area contributed by atoms with Crippen LogP contribution in [0.15, 0.2) is 47.4 Å². The molecule has 5 heteroatoms. The second-order valence-corrected chi connectivity index (χ2v) is 6.45. The smallest absolute Gasteiger partial charge is 0.269 e. The number of carbonyl (C=O) groups is 2. The van der Waals surface area contributed by atoms with Gasteiger partial charge in [0.1, 0.15) is 0 Å². The molecule has 0 saturated carbocycles. The Bertz CT molecular complexity index is 711. The number of hydrazine groups is 1. The monoisotopic (exact) mass is 328 g/mol. The highest BCUT2D eigenvalue weighted by molar-refractivity contribution is 8.00. The molecule has 0 spiro atoms. The van der Waals surface area contributed by atoms with Crippen molar-refractivity contribution in [2.45, 2.75) is 25.7 Å². The van der Waals surface area contributed by atoms with Crippen LogP contribution >= 0.6 is 11.8 Å². The van der Waals surface area contributed by atoms with Crippen LogP contribution in [-0.2, 0) is 4.79 Å². The van der Waals surface area contributed by atoms with Crippen LogP contribution in [0.2, 0.25) is 0 Å². The maximum atomic E-state index is 11.9. The lowest BCUT2D eigenvalue weighted by atomic mass is 10.1. The highest BCUT2D eigenvalue weighted by atomic mass is 32.2. The van der Waals surface area contributed by atoms with Gasteiger partial charge < -0.3 is 0 Å². The summed E-state index contributed by atoms with van der Waals surface area (Å²) in [6, 6.07) is 13.2. The highest BCUT2D eigenvalue weighted by Crippen LogP contribution is 2.20. The molecular formula is C18H20N2O2S. The van der Waals surface area contributed by atoms with Crippen molar-refractivity contribution in [1.29, 1.82) is 0 Å². The van der Waals surface area contributed by atoms with Crippen LogP contribution in [0.25, 0.3) is 0 Å². The first-order valence-corrected chi connectivity index (χ1v) is 8.30. The van der Waals surface area contributed by atoms with Crippen molar-refractivity contribution in [3.05, 3.63) is 64.7 Å². The van der Waals surface area contributed by atoms with E-state index in [-0.39, 0.29) is 17.6 Å². The molecule has 2 amide bonds. The molecule has 2 aromatic carbocycles. The predicted molar refractivity (Wildman–Crippen MR) is 93.4 cm³/mol. The molecular weight excluding hydrogens is 308 g/mol. The van der Waals surface area contributed by atoms with Crippen molar-refractivity contribution < 1.29 is 9.59 Å². The van der Waals surface area contributed by atoms with E-state index in [4.69, 9.17) is 0 Å². The molecule has 0 aliphatic heterocycles. The Morgan fingerprint density at radius 3 is 2.26 bits per heavy atom. The predicted octanol–water partition coefficient (Wildman–Crippen LogP) is 3.17. The van der Waals surface area contributed by atoms with Crippen LogP contribution in [0.4, 0.5) is 0 Å². The summed E-state index contributed by atoms with van der Waals surface area (Å²) in [5.74, 6) is -0.320. The van der Waals surface area contributed by atoms with E-state index in [2.05, 4.69) is 23.8 Å². The fraction of sp³-hybridized carbons (Fsp3) is 0.222. The molecule has 23 heavy (non-hydrogen) atoms. The SMILES string of the molecule is Cc1ccc(C(=O)NNC(=O)CSc2ccc(C)c(C)c2)cc1. The van der Waals surface area contributed by atoms with Crippen LogP contribution < -0.4 is 10.9 Å². The fourth-order valence-corrected chi connectivity index (χ4v) is 2.69. The first-order chi connectivity index (χ1) is 11.0. The Labute approximate surface area is 140 Å². The first-order valence-electron chi connectivity index (χ1n) is 7.31. The molecule has 4 nitrogen and oxygen atoms in total. The molecule has 2 aromatic rings. The average Bonchev–Trinajstić information content (AvgIpc) is 2.54. The van der Waals surface area contributed by atoms with Crippen molar-refractivity contribution in [1.82, 2.24) is 10.9 Å². The van der Waals surface area contributed by atoms with Gasteiger partial charge in [-0.1, -0.05) is 23.8 Å². The van der Waals surface area contributed by atoms with E-state index < -0.39 is 0 Å². The summed E-state index contributed by atoms with van der Waals surface area (Å²) in [5.41, 5.74) is 8.87. The third-order valence-electron chi connectivity index (χ3n) is 3.48. The molecule has 0 heterocycles. The molecule has 0 radical (unpaired) electrons. The van der Waals surface area contributed by atoms with Gasteiger partial charge in [0, 0.05) is 10.5 Å². The van der Waals surface area contributed by atoms with Gasteiger partial charge in [0.2, 0.25) is 5.91 Å². The van der Waals surface area contributed by atoms with E-state index in [1.54, 1.807) is 12.1 Å². The number of carbonyl (C=O) groups excluding carboxylic acids is 2. The number of rotatable bonds is 4. The molecule has 2 N–H and O–H groups in total. The van der Waals surface area contributed by atoms with E-state index in [9.17, 15) is 9.59 Å². The summed E-state index contributed by atoms with van der Waals surface area (Å²) in [6.07, 6.45) is 0. The van der Waals surface area contributed by atoms with Gasteiger partial charge in [-0.2, -0.15) is 0 Å². The standard InChI is InChI=1S/C18H20N2O2S/c1-12-4-7-15(8-5-12)18(22)20-19-17(21)11-23-16-9-6-13(2)14(3)10-16/h4-10H,11H2,1-3H3,(H,19,21)(H,20,22). The van der Waals surface area contributed by atoms with E-state index in [1.807, 2.05) is 38.1 Å². The van der Waals surface area contributed by atoms with Crippen LogP contribution in [0.3, 0.4) is 0 Å². The number of nitrogens with one attached hydrogen (secondary N) is 2. The third kappa shape index (κ3) is 5.14. The van der Waals surface area contributed by atoms with E-state index in [0.29, 0.717) is 5.56 Å². The molecule has 0 saturated heterocycles. The Balaban J connectivity index is 1.79. The number of aryl methyl sites for hydroxylation is 3. The van der Waals surface area contributed by atoms with Gasteiger partial charge in [0.15, 0.2) is 0 Å². The molecule has 0 unspecified atom stereocenters. The quantitative estimate of drug-likeness (QED) is 0.669. The lowest BCUT2D eigenvalue weighted by Crippen LogP contribution is -2.42. The van der Waals surface area contributed by atoms with Crippen molar-refractivity contribution in [3.8, 4) is 0 Å². The summed E-state index contributed by atoms with van der Waals surface area (Å²) in [7, 11) is 0. The number of hydrogen-bond acceptors (Lipinski definition) is 3. The van der Waals surface area contributed by atoms with Crippen LogP contribution in [0.5, 0.6) is 0 Å². The molecule has 0 aromatic heterocycles. The number of hydrogen-bond donors (Lipinski definition) is 2. The maximum Gasteiger partial charge on any atom is 0.269 e. The van der Waals surface area contributed by atoms with Gasteiger partial charge in [-0.15, -0.1) is 11.8 Å². The van der Waals surface area contributed by atoms with Crippen molar-refractivity contribution in [2.24, 2.45) is 0 Å². The van der Waals surface area contributed by atoms with E-state index in [0.717, 1.165) is 10.5 Å². The molecule has 0 atom stereocenters. The van der Waals surface area contributed by atoms with Crippen LogP contribution in [0.1, 0.15) is 27.0 Å². The molecule has 0 aliphatic rings. The Morgan fingerprint density at radius 2 is 1.61 bits per heavy atom. The first kappa shape index (κ1) is 17.1. The Morgan fingerprint density at radius 1 is 0.913 bits per heavy atom. The number of thioether (sulfide) groups is 1. The lowest BCUT2D eigenvalue weighted by molar-refractivity contribution is -0.119. The fourth-order valence-electron chi connectivity index (χ4n) is 1.89. The number of benzene rings is 2. The second-order valence-electron chi connectivity index (χ2n) is 5.40. The second kappa shape index (κ2) is 7.83. The van der Waals surface area contributed by atoms with Gasteiger partial charge >= 0.3 is 0 Å². The van der Waals surface area contributed by atoms with Gasteiger partial charge in [0.05, 0.1) is 5.75 Å². The van der Waals surface area contributed by atoms with E-state index in [1.165, 1.54) is 22.9 Å². The molecule has 2 rings (SSSR count). The minimum absolute atomic E-state index is 0.242.